The molecule has 0 bridgehead atoms. The van der Waals surface area contributed by atoms with Crippen molar-refractivity contribution >= 4 is 11.7 Å². The normalized spacial score (nSPS) is 26.9. The number of rotatable bonds is 2. The van der Waals surface area contributed by atoms with Crippen LogP contribution in [0.15, 0.2) is 24.5 Å². The molecule has 4 heteroatoms. The Balaban J connectivity index is 1.80. The van der Waals surface area contributed by atoms with Crippen LogP contribution in [0.2, 0.25) is 0 Å². The van der Waals surface area contributed by atoms with Gasteiger partial charge >= 0.3 is 0 Å². The van der Waals surface area contributed by atoms with E-state index in [2.05, 4.69) is 4.98 Å². The SMILES string of the molecule is O=C1CCCC1C1CCCN1C(=O)c1cccnc1. The zero-order chi connectivity index (χ0) is 13.2. The lowest BCUT2D eigenvalue weighted by Crippen LogP contribution is -2.41. The quantitative estimate of drug-likeness (QED) is 0.815. The molecule has 2 heterocycles. The average molecular weight is 258 g/mol. The molecule has 0 radical (unpaired) electrons. The number of pyridine rings is 1. The Hall–Kier alpha value is -1.71. The average Bonchev–Trinajstić information content (AvgIpc) is 3.07. The summed E-state index contributed by atoms with van der Waals surface area (Å²) in [6.07, 6.45) is 7.85. The number of aromatic nitrogens is 1. The van der Waals surface area contributed by atoms with Gasteiger partial charge in [-0.3, -0.25) is 14.6 Å². The molecule has 100 valence electrons. The first-order chi connectivity index (χ1) is 9.27. The summed E-state index contributed by atoms with van der Waals surface area (Å²) in [5, 5.41) is 0. The molecule has 1 saturated carbocycles. The van der Waals surface area contributed by atoms with Gasteiger partial charge in [-0.25, -0.2) is 0 Å². The molecular weight excluding hydrogens is 240 g/mol. The standard InChI is InChI=1S/C15H18N2O2/c18-14-7-1-5-12(14)13-6-3-9-17(13)15(19)11-4-2-8-16-10-11/h2,4,8,10,12-13H,1,3,5-7,9H2. The Bertz CT molecular complexity index is 486. The molecule has 4 nitrogen and oxygen atoms in total. The van der Waals surface area contributed by atoms with E-state index in [4.69, 9.17) is 0 Å². The third kappa shape index (κ3) is 2.27. The summed E-state index contributed by atoms with van der Waals surface area (Å²) in [6.45, 7) is 0.766. The van der Waals surface area contributed by atoms with E-state index in [9.17, 15) is 9.59 Å². The number of hydrogen-bond donors (Lipinski definition) is 0. The monoisotopic (exact) mass is 258 g/mol. The van der Waals surface area contributed by atoms with E-state index in [1.54, 1.807) is 24.5 Å². The van der Waals surface area contributed by atoms with Crippen molar-refractivity contribution in [2.45, 2.75) is 38.1 Å². The van der Waals surface area contributed by atoms with Crippen LogP contribution >= 0.6 is 0 Å². The molecule has 2 aliphatic rings. The maximum Gasteiger partial charge on any atom is 0.255 e. The van der Waals surface area contributed by atoms with Crippen LogP contribution in [0.25, 0.3) is 0 Å². The minimum absolute atomic E-state index is 0.0234. The summed E-state index contributed by atoms with van der Waals surface area (Å²) in [4.78, 5) is 30.3. The molecule has 1 saturated heterocycles. The van der Waals surface area contributed by atoms with E-state index in [0.29, 0.717) is 17.8 Å². The predicted molar refractivity (Wildman–Crippen MR) is 70.6 cm³/mol. The minimum atomic E-state index is 0.0234. The molecular formula is C15H18N2O2. The van der Waals surface area contributed by atoms with E-state index >= 15 is 0 Å². The van der Waals surface area contributed by atoms with Gasteiger partial charge in [0.05, 0.1) is 5.56 Å². The topological polar surface area (TPSA) is 50.3 Å². The van der Waals surface area contributed by atoms with Crippen LogP contribution < -0.4 is 0 Å². The predicted octanol–water partition coefficient (Wildman–Crippen LogP) is 2.06. The first-order valence-corrected chi connectivity index (χ1v) is 7.01. The second-order valence-electron chi connectivity index (χ2n) is 5.41. The van der Waals surface area contributed by atoms with Gasteiger partial charge in [0.2, 0.25) is 0 Å². The van der Waals surface area contributed by atoms with Gasteiger partial charge in [0.1, 0.15) is 5.78 Å². The van der Waals surface area contributed by atoms with Crippen molar-refractivity contribution in [3.05, 3.63) is 30.1 Å². The fourth-order valence-electron chi connectivity index (χ4n) is 3.37. The molecule has 2 atom stereocenters. The molecule has 0 aromatic carbocycles. The second kappa shape index (κ2) is 5.11. The van der Waals surface area contributed by atoms with Crippen LogP contribution in [0, 0.1) is 5.92 Å². The number of amides is 1. The molecule has 19 heavy (non-hydrogen) atoms. The number of carbonyl (C=O) groups is 2. The zero-order valence-corrected chi connectivity index (χ0v) is 10.9. The fraction of sp³-hybridized carbons (Fsp3) is 0.533. The highest BCUT2D eigenvalue weighted by molar-refractivity contribution is 5.95. The molecule has 1 amide bonds. The summed E-state index contributed by atoms with van der Waals surface area (Å²) < 4.78 is 0. The van der Waals surface area contributed by atoms with Crippen molar-refractivity contribution in [3.8, 4) is 0 Å². The van der Waals surface area contributed by atoms with Gasteiger partial charge in [0.15, 0.2) is 0 Å². The van der Waals surface area contributed by atoms with Crippen LogP contribution in [0.1, 0.15) is 42.5 Å². The molecule has 1 aromatic rings. The Morgan fingerprint density at radius 1 is 1.32 bits per heavy atom. The largest absolute Gasteiger partial charge is 0.335 e. The van der Waals surface area contributed by atoms with Crippen molar-refractivity contribution in [1.29, 1.82) is 0 Å². The number of nitrogens with zero attached hydrogens (tertiary/aromatic N) is 2. The first-order valence-electron chi connectivity index (χ1n) is 7.01. The van der Waals surface area contributed by atoms with Crippen LogP contribution in [0.5, 0.6) is 0 Å². The lowest BCUT2D eigenvalue weighted by Gasteiger charge is -2.28. The van der Waals surface area contributed by atoms with Crippen LogP contribution in [-0.2, 0) is 4.79 Å². The fourth-order valence-corrected chi connectivity index (χ4v) is 3.37. The highest BCUT2D eigenvalue weighted by Crippen LogP contribution is 2.33. The van der Waals surface area contributed by atoms with E-state index in [1.807, 2.05) is 4.90 Å². The van der Waals surface area contributed by atoms with Gasteiger partial charge in [-0.05, 0) is 37.8 Å². The van der Waals surface area contributed by atoms with Crippen molar-refractivity contribution in [2.24, 2.45) is 5.92 Å². The van der Waals surface area contributed by atoms with Crippen molar-refractivity contribution in [1.82, 2.24) is 9.88 Å². The van der Waals surface area contributed by atoms with Gasteiger partial charge in [0, 0.05) is 37.3 Å². The summed E-state index contributed by atoms with van der Waals surface area (Å²) in [5.41, 5.74) is 0.625. The number of Topliss-reactive ketones (excluding diaryl/α,β-unsaturated/α-hetero) is 1. The van der Waals surface area contributed by atoms with E-state index in [0.717, 1.165) is 32.2 Å². The molecule has 1 aliphatic carbocycles. The molecule has 2 fully saturated rings. The molecule has 3 rings (SSSR count). The van der Waals surface area contributed by atoms with Crippen molar-refractivity contribution < 1.29 is 9.59 Å². The minimum Gasteiger partial charge on any atom is -0.335 e. The zero-order valence-electron chi connectivity index (χ0n) is 10.9. The smallest absolute Gasteiger partial charge is 0.255 e. The van der Waals surface area contributed by atoms with Gasteiger partial charge in [-0.1, -0.05) is 0 Å². The molecule has 2 unspecified atom stereocenters. The van der Waals surface area contributed by atoms with Gasteiger partial charge in [-0.15, -0.1) is 0 Å². The van der Waals surface area contributed by atoms with E-state index in [-0.39, 0.29) is 17.9 Å². The van der Waals surface area contributed by atoms with Crippen molar-refractivity contribution in [3.63, 3.8) is 0 Å². The van der Waals surface area contributed by atoms with Gasteiger partial charge in [0.25, 0.3) is 5.91 Å². The van der Waals surface area contributed by atoms with E-state index < -0.39 is 0 Å². The Kier molecular flexibility index (Phi) is 3.32. The van der Waals surface area contributed by atoms with Crippen LogP contribution in [-0.4, -0.2) is 34.2 Å². The highest BCUT2D eigenvalue weighted by Gasteiger charge is 2.40. The Labute approximate surface area is 112 Å². The van der Waals surface area contributed by atoms with E-state index in [1.165, 1.54) is 0 Å². The number of hydrogen-bond acceptors (Lipinski definition) is 3. The summed E-state index contributed by atoms with van der Waals surface area (Å²) >= 11 is 0. The first kappa shape index (κ1) is 12.3. The summed E-state index contributed by atoms with van der Waals surface area (Å²) in [6, 6.07) is 3.68. The van der Waals surface area contributed by atoms with Gasteiger partial charge in [-0.2, -0.15) is 0 Å². The number of carbonyl (C=O) groups excluding carboxylic acids is 2. The molecule has 0 N–H and O–H groups in total. The lowest BCUT2D eigenvalue weighted by atomic mass is 9.95. The second-order valence-corrected chi connectivity index (χ2v) is 5.41. The number of ketones is 1. The lowest BCUT2D eigenvalue weighted by molar-refractivity contribution is -0.121. The maximum absolute atomic E-state index is 12.5. The number of likely N-dealkylation sites (tertiary alicyclic amines) is 1. The summed E-state index contributed by atoms with van der Waals surface area (Å²) in [7, 11) is 0. The Morgan fingerprint density at radius 2 is 2.21 bits per heavy atom. The summed E-state index contributed by atoms with van der Waals surface area (Å²) in [5.74, 6) is 0.439. The van der Waals surface area contributed by atoms with Crippen LogP contribution in [0.4, 0.5) is 0 Å². The van der Waals surface area contributed by atoms with Crippen LogP contribution in [0.3, 0.4) is 0 Å². The maximum atomic E-state index is 12.5. The highest BCUT2D eigenvalue weighted by atomic mass is 16.2. The Morgan fingerprint density at radius 3 is 2.89 bits per heavy atom. The molecule has 1 aliphatic heterocycles. The molecule has 0 spiro atoms. The van der Waals surface area contributed by atoms with Crippen molar-refractivity contribution in [2.75, 3.05) is 6.54 Å². The third-order valence-corrected chi connectivity index (χ3v) is 4.28. The van der Waals surface area contributed by atoms with Gasteiger partial charge < -0.3 is 4.90 Å². The third-order valence-electron chi connectivity index (χ3n) is 4.28. The molecule has 1 aromatic heterocycles.